The van der Waals surface area contributed by atoms with Crippen molar-refractivity contribution in [3.63, 3.8) is 0 Å². The van der Waals surface area contributed by atoms with Crippen LogP contribution in [0.5, 0.6) is 0 Å². The average molecular weight is 197 g/mol. The number of carbonyl (C=O) groups is 1. The molecule has 1 rings (SSSR count). The van der Waals surface area contributed by atoms with Crippen LogP contribution >= 0.6 is 0 Å². The van der Waals surface area contributed by atoms with Gasteiger partial charge in [-0.05, 0) is 31.6 Å². The van der Waals surface area contributed by atoms with E-state index in [2.05, 4.69) is 11.9 Å². The second-order valence-corrected chi connectivity index (χ2v) is 3.93. The Bertz CT molecular complexity index is 195. The quantitative estimate of drug-likeness (QED) is 0.663. The molecule has 1 amide bonds. The maximum Gasteiger partial charge on any atom is 0.223 e. The Labute approximate surface area is 85.2 Å². The van der Waals surface area contributed by atoms with Crippen LogP contribution < -0.4 is 5.32 Å². The molecule has 0 heterocycles. The van der Waals surface area contributed by atoms with Crippen LogP contribution in [-0.4, -0.2) is 24.2 Å². The highest BCUT2D eigenvalue weighted by Gasteiger charge is 2.25. The maximum absolute atomic E-state index is 11.5. The van der Waals surface area contributed by atoms with Gasteiger partial charge in [0.25, 0.3) is 0 Å². The van der Waals surface area contributed by atoms with Gasteiger partial charge in [0.15, 0.2) is 0 Å². The first kappa shape index (κ1) is 11.2. The number of hydrogen-bond donors (Lipinski definition) is 2. The van der Waals surface area contributed by atoms with Gasteiger partial charge in [0.1, 0.15) is 0 Å². The first-order valence-corrected chi connectivity index (χ1v) is 5.27. The van der Waals surface area contributed by atoms with Crippen molar-refractivity contribution in [2.75, 3.05) is 13.2 Å². The molecule has 0 aromatic heterocycles. The second-order valence-electron chi connectivity index (χ2n) is 3.93. The van der Waals surface area contributed by atoms with Gasteiger partial charge in [-0.25, -0.2) is 0 Å². The molecule has 3 heteroatoms. The lowest BCUT2D eigenvalue weighted by atomic mass is 9.82. The minimum atomic E-state index is 0.140. The molecule has 1 aliphatic carbocycles. The fraction of sp³-hybridized carbons (Fsp3) is 0.727. The second kappa shape index (κ2) is 5.81. The van der Waals surface area contributed by atoms with E-state index in [-0.39, 0.29) is 18.4 Å². The topological polar surface area (TPSA) is 49.3 Å². The van der Waals surface area contributed by atoms with E-state index in [1.807, 2.05) is 0 Å². The maximum atomic E-state index is 11.5. The van der Waals surface area contributed by atoms with Crippen molar-refractivity contribution < 1.29 is 9.90 Å². The number of nitrogens with one attached hydrogen (secondary N) is 1. The molecule has 0 bridgehead atoms. The highest BCUT2D eigenvalue weighted by molar-refractivity contribution is 5.78. The number of aliphatic hydroxyl groups excluding tert-OH is 1. The number of rotatable bonds is 4. The monoisotopic (exact) mass is 197 g/mol. The Balaban J connectivity index is 2.26. The molecule has 0 saturated heterocycles. The van der Waals surface area contributed by atoms with Crippen molar-refractivity contribution in [1.82, 2.24) is 5.32 Å². The lowest BCUT2D eigenvalue weighted by Crippen LogP contribution is -2.33. The SMILES string of the molecule is C=CCNC(=O)C1CCC(CO)CC1. The van der Waals surface area contributed by atoms with Gasteiger partial charge in [0, 0.05) is 19.1 Å². The van der Waals surface area contributed by atoms with Gasteiger partial charge < -0.3 is 10.4 Å². The first-order valence-electron chi connectivity index (χ1n) is 5.27. The summed E-state index contributed by atoms with van der Waals surface area (Å²) in [5.74, 6) is 0.706. The standard InChI is InChI=1S/C11H19NO2/c1-2-7-12-11(14)10-5-3-9(8-13)4-6-10/h2,9-10,13H,1,3-8H2,(H,12,14). The molecule has 0 unspecified atom stereocenters. The van der Waals surface area contributed by atoms with Crippen LogP contribution in [-0.2, 0) is 4.79 Å². The number of aliphatic hydroxyl groups is 1. The summed E-state index contributed by atoms with van der Waals surface area (Å²) >= 11 is 0. The highest BCUT2D eigenvalue weighted by atomic mass is 16.3. The van der Waals surface area contributed by atoms with Crippen LogP contribution in [0.4, 0.5) is 0 Å². The summed E-state index contributed by atoms with van der Waals surface area (Å²) < 4.78 is 0. The van der Waals surface area contributed by atoms with Crippen LogP contribution in [0.3, 0.4) is 0 Å². The van der Waals surface area contributed by atoms with Crippen molar-refractivity contribution in [3.05, 3.63) is 12.7 Å². The van der Waals surface area contributed by atoms with E-state index in [0.29, 0.717) is 12.5 Å². The van der Waals surface area contributed by atoms with E-state index in [9.17, 15) is 4.79 Å². The summed E-state index contributed by atoms with van der Waals surface area (Å²) in [5, 5.41) is 11.8. The van der Waals surface area contributed by atoms with Crippen molar-refractivity contribution in [2.24, 2.45) is 11.8 Å². The molecule has 0 aromatic carbocycles. The molecule has 0 spiro atoms. The van der Waals surface area contributed by atoms with Gasteiger partial charge in [-0.15, -0.1) is 6.58 Å². The number of carbonyl (C=O) groups excluding carboxylic acids is 1. The fourth-order valence-corrected chi connectivity index (χ4v) is 1.92. The van der Waals surface area contributed by atoms with E-state index in [1.165, 1.54) is 0 Å². The molecule has 80 valence electrons. The molecule has 1 fully saturated rings. The van der Waals surface area contributed by atoms with E-state index in [4.69, 9.17) is 5.11 Å². The van der Waals surface area contributed by atoms with Gasteiger partial charge in [0.05, 0.1) is 0 Å². The van der Waals surface area contributed by atoms with Crippen LogP contribution in [0.25, 0.3) is 0 Å². The zero-order valence-corrected chi connectivity index (χ0v) is 8.54. The average Bonchev–Trinajstić information content (AvgIpc) is 2.26. The van der Waals surface area contributed by atoms with Crippen molar-refractivity contribution in [2.45, 2.75) is 25.7 Å². The Morgan fingerprint density at radius 3 is 2.57 bits per heavy atom. The highest BCUT2D eigenvalue weighted by Crippen LogP contribution is 2.28. The summed E-state index contributed by atoms with van der Waals surface area (Å²) in [4.78, 5) is 11.5. The van der Waals surface area contributed by atoms with Crippen molar-refractivity contribution >= 4 is 5.91 Å². The molecule has 0 aromatic rings. The molecule has 0 radical (unpaired) electrons. The van der Waals surface area contributed by atoms with Crippen molar-refractivity contribution in [1.29, 1.82) is 0 Å². The van der Waals surface area contributed by atoms with Gasteiger partial charge in [-0.1, -0.05) is 6.08 Å². The summed E-state index contributed by atoms with van der Waals surface area (Å²) in [7, 11) is 0. The smallest absolute Gasteiger partial charge is 0.223 e. The van der Waals surface area contributed by atoms with Crippen LogP contribution in [0.15, 0.2) is 12.7 Å². The van der Waals surface area contributed by atoms with E-state index in [0.717, 1.165) is 25.7 Å². The van der Waals surface area contributed by atoms with Gasteiger partial charge in [-0.2, -0.15) is 0 Å². The zero-order valence-electron chi connectivity index (χ0n) is 8.54. The molecule has 2 N–H and O–H groups in total. The summed E-state index contributed by atoms with van der Waals surface area (Å²) in [5.41, 5.74) is 0. The molecular weight excluding hydrogens is 178 g/mol. The lowest BCUT2D eigenvalue weighted by molar-refractivity contribution is -0.126. The molecule has 1 saturated carbocycles. The molecule has 1 aliphatic rings. The fourth-order valence-electron chi connectivity index (χ4n) is 1.92. The zero-order chi connectivity index (χ0) is 10.4. The Kier molecular flexibility index (Phi) is 4.66. The molecule has 14 heavy (non-hydrogen) atoms. The predicted octanol–water partition coefficient (Wildman–Crippen LogP) is 1.09. The Hall–Kier alpha value is -0.830. The first-order chi connectivity index (χ1) is 6.77. The third kappa shape index (κ3) is 3.14. The van der Waals surface area contributed by atoms with E-state index in [1.54, 1.807) is 6.08 Å². The summed E-state index contributed by atoms with van der Waals surface area (Å²) in [6.07, 6.45) is 5.46. The molecule has 3 nitrogen and oxygen atoms in total. The summed E-state index contributed by atoms with van der Waals surface area (Å²) in [6.45, 7) is 4.37. The van der Waals surface area contributed by atoms with Crippen LogP contribution in [0.2, 0.25) is 0 Å². The normalized spacial score (nSPS) is 26.9. The van der Waals surface area contributed by atoms with E-state index >= 15 is 0 Å². The number of amides is 1. The molecule has 0 atom stereocenters. The largest absolute Gasteiger partial charge is 0.396 e. The minimum Gasteiger partial charge on any atom is -0.396 e. The van der Waals surface area contributed by atoms with Gasteiger partial charge in [-0.3, -0.25) is 4.79 Å². The van der Waals surface area contributed by atoms with Crippen LogP contribution in [0, 0.1) is 11.8 Å². The lowest BCUT2D eigenvalue weighted by Gasteiger charge is -2.26. The third-order valence-corrected chi connectivity index (χ3v) is 2.90. The van der Waals surface area contributed by atoms with Gasteiger partial charge in [0.2, 0.25) is 5.91 Å². The summed E-state index contributed by atoms with van der Waals surface area (Å²) in [6, 6.07) is 0. The van der Waals surface area contributed by atoms with Gasteiger partial charge >= 0.3 is 0 Å². The van der Waals surface area contributed by atoms with Crippen LogP contribution in [0.1, 0.15) is 25.7 Å². The third-order valence-electron chi connectivity index (χ3n) is 2.90. The molecular formula is C11H19NO2. The van der Waals surface area contributed by atoms with E-state index < -0.39 is 0 Å². The Morgan fingerprint density at radius 2 is 2.07 bits per heavy atom. The van der Waals surface area contributed by atoms with Crippen molar-refractivity contribution in [3.8, 4) is 0 Å². The minimum absolute atomic E-state index is 0.140. The predicted molar refractivity (Wildman–Crippen MR) is 55.7 cm³/mol. The number of hydrogen-bond acceptors (Lipinski definition) is 2. The molecule has 0 aliphatic heterocycles. The Morgan fingerprint density at radius 1 is 1.43 bits per heavy atom.